The van der Waals surface area contributed by atoms with Gasteiger partial charge >= 0.3 is 0 Å². The fraction of sp³-hybridized carbons (Fsp3) is 0.0769. The monoisotopic (exact) mass is 317 g/mol. The number of hydrogen-bond acceptors (Lipinski definition) is 6. The zero-order valence-electron chi connectivity index (χ0n) is 10.6. The fourth-order valence-electron chi connectivity index (χ4n) is 1.66. The first-order chi connectivity index (χ1) is 10.3. The van der Waals surface area contributed by atoms with Gasteiger partial charge in [-0.15, -0.1) is 11.8 Å². The average molecular weight is 318 g/mol. The van der Waals surface area contributed by atoms with Crippen molar-refractivity contribution in [3.05, 3.63) is 47.0 Å². The summed E-state index contributed by atoms with van der Waals surface area (Å²) in [6, 6.07) is 9.52. The van der Waals surface area contributed by atoms with Gasteiger partial charge in [0.05, 0.1) is 17.5 Å². The number of nitriles is 1. The molecule has 2 heterocycles. The maximum absolute atomic E-state index is 8.93. The molecule has 0 unspecified atom stereocenters. The summed E-state index contributed by atoms with van der Waals surface area (Å²) in [5.74, 6) is 1.37. The van der Waals surface area contributed by atoms with Gasteiger partial charge < -0.3 is 4.52 Å². The predicted molar refractivity (Wildman–Crippen MR) is 77.6 cm³/mol. The number of halogens is 1. The van der Waals surface area contributed by atoms with E-state index in [-0.39, 0.29) is 5.89 Å². The lowest BCUT2D eigenvalue weighted by molar-refractivity contribution is 0.425. The molecule has 8 heteroatoms. The number of H-pyrrole nitrogens is 1. The molecule has 0 amide bonds. The molecule has 3 rings (SSSR count). The quantitative estimate of drug-likeness (QED) is 0.742. The summed E-state index contributed by atoms with van der Waals surface area (Å²) >= 11 is 7.48. The van der Waals surface area contributed by atoms with E-state index < -0.39 is 0 Å². The Labute approximate surface area is 129 Å². The van der Waals surface area contributed by atoms with Crippen LogP contribution in [0.2, 0.25) is 5.02 Å². The lowest BCUT2D eigenvalue weighted by Gasteiger charge is -1.98. The van der Waals surface area contributed by atoms with Crippen LogP contribution in [0.15, 0.2) is 39.9 Å². The molecule has 0 bridgehead atoms. The number of benzene rings is 1. The van der Waals surface area contributed by atoms with Crippen molar-refractivity contribution < 1.29 is 4.52 Å². The van der Waals surface area contributed by atoms with E-state index in [0.29, 0.717) is 27.9 Å². The summed E-state index contributed by atoms with van der Waals surface area (Å²) in [7, 11) is 0. The number of thioether (sulfide) groups is 1. The largest absolute Gasteiger partial charge is 0.334 e. The molecule has 2 aromatic heterocycles. The number of rotatable bonds is 4. The van der Waals surface area contributed by atoms with E-state index in [1.165, 1.54) is 6.20 Å². The van der Waals surface area contributed by atoms with Crippen molar-refractivity contribution in [1.29, 1.82) is 5.26 Å². The van der Waals surface area contributed by atoms with Crippen LogP contribution in [0, 0.1) is 11.3 Å². The number of aromatic amines is 1. The molecule has 0 fully saturated rings. The van der Waals surface area contributed by atoms with E-state index in [1.807, 2.05) is 30.3 Å². The fourth-order valence-corrected chi connectivity index (χ4v) is 2.71. The van der Waals surface area contributed by atoms with Gasteiger partial charge in [-0.3, -0.25) is 5.10 Å². The molecule has 1 N–H and O–H groups in total. The van der Waals surface area contributed by atoms with Crippen LogP contribution < -0.4 is 0 Å². The molecule has 104 valence electrons. The van der Waals surface area contributed by atoms with Crippen molar-refractivity contribution in [2.24, 2.45) is 0 Å². The highest BCUT2D eigenvalue weighted by Gasteiger charge is 2.14. The van der Waals surface area contributed by atoms with E-state index in [0.717, 1.165) is 4.90 Å². The highest BCUT2D eigenvalue weighted by Crippen LogP contribution is 2.26. The van der Waals surface area contributed by atoms with Crippen molar-refractivity contribution in [3.8, 4) is 17.5 Å². The Morgan fingerprint density at radius 3 is 3.14 bits per heavy atom. The number of hydrogen-bond donors (Lipinski definition) is 1. The molecule has 21 heavy (non-hydrogen) atoms. The minimum absolute atomic E-state index is 0.280. The van der Waals surface area contributed by atoms with Crippen LogP contribution in [-0.4, -0.2) is 20.3 Å². The van der Waals surface area contributed by atoms with Gasteiger partial charge in [-0.1, -0.05) is 22.8 Å². The second-order valence-electron chi connectivity index (χ2n) is 4.03. The third-order valence-electron chi connectivity index (χ3n) is 2.61. The lowest BCUT2D eigenvalue weighted by atomic mass is 10.2. The van der Waals surface area contributed by atoms with Crippen LogP contribution in [0.4, 0.5) is 0 Å². The van der Waals surface area contributed by atoms with Crippen LogP contribution in [0.25, 0.3) is 11.5 Å². The van der Waals surface area contributed by atoms with Crippen LogP contribution in [0.5, 0.6) is 0 Å². The summed E-state index contributed by atoms with van der Waals surface area (Å²) in [5.41, 5.74) is 0.802. The van der Waals surface area contributed by atoms with Crippen molar-refractivity contribution in [2.75, 3.05) is 0 Å². The molecule has 0 aliphatic rings. The molecule has 0 saturated heterocycles. The van der Waals surface area contributed by atoms with Gasteiger partial charge in [0, 0.05) is 9.92 Å². The van der Waals surface area contributed by atoms with Crippen molar-refractivity contribution in [2.45, 2.75) is 10.6 Å². The molecule has 0 radical (unpaired) electrons. The molecule has 0 spiro atoms. The Balaban J connectivity index is 1.73. The Hall–Kier alpha value is -2.30. The summed E-state index contributed by atoms with van der Waals surface area (Å²) in [6.07, 6.45) is 1.49. The van der Waals surface area contributed by atoms with Gasteiger partial charge in [0.25, 0.3) is 5.89 Å². The van der Waals surface area contributed by atoms with Crippen molar-refractivity contribution in [1.82, 2.24) is 20.3 Å². The molecule has 0 aliphatic carbocycles. The summed E-state index contributed by atoms with van der Waals surface area (Å²) in [5, 5.41) is 19.9. The Kier molecular flexibility index (Phi) is 3.90. The molecular weight excluding hydrogens is 310 g/mol. The summed E-state index contributed by atoms with van der Waals surface area (Å²) in [6.45, 7) is 0. The number of nitrogens with one attached hydrogen (secondary N) is 1. The summed E-state index contributed by atoms with van der Waals surface area (Å²) in [4.78, 5) is 5.28. The molecule has 0 atom stereocenters. The molecule has 3 aromatic rings. The zero-order valence-corrected chi connectivity index (χ0v) is 12.1. The summed E-state index contributed by atoms with van der Waals surface area (Å²) < 4.78 is 5.15. The Morgan fingerprint density at radius 2 is 2.33 bits per heavy atom. The van der Waals surface area contributed by atoms with E-state index >= 15 is 0 Å². The molecule has 6 nitrogen and oxygen atoms in total. The third-order valence-corrected chi connectivity index (χ3v) is 3.84. The Bertz CT molecular complexity index is 807. The third kappa shape index (κ3) is 3.07. The SMILES string of the molecule is N#Cc1[nH]ncc1-c1nc(CSc2cccc(Cl)c2)no1. The Morgan fingerprint density at radius 1 is 1.43 bits per heavy atom. The van der Waals surface area contributed by atoms with E-state index in [2.05, 4.69) is 20.3 Å². The maximum Gasteiger partial charge on any atom is 0.262 e. The molecule has 0 aliphatic heterocycles. The minimum atomic E-state index is 0.280. The van der Waals surface area contributed by atoms with Crippen LogP contribution in [-0.2, 0) is 5.75 Å². The molecular formula is C13H8ClN5OS. The highest BCUT2D eigenvalue weighted by atomic mass is 35.5. The van der Waals surface area contributed by atoms with Crippen molar-refractivity contribution in [3.63, 3.8) is 0 Å². The van der Waals surface area contributed by atoms with Gasteiger partial charge in [0.1, 0.15) is 11.8 Å². The smallest absolute Gasteiger partial charge is 0.262 e. The minimum Gasteiger partial charge on any atom is -0.334 e. The normalized spacial score (nSPS) is 10.5. The topological polar surface area (TPSA) is 91.4 Å². The van der Waals surface area contributed by atoms with Gasteiger partial charge in [-0.2, -0.15) is 15.3 Å². The highest BCUT2D eigenvalue weighted by molar-refractivity contribution is 7.98. The predicted octanol–water partition coefficient (Wildman–Crippen LogP) is 3.28. The second-order valence-corrected chi connectivity index (χ2v) is 5.52. The standard InChI is InChI=1S/C13H8ClN5OS/c14-8-2-1-3-9(4-8)21-7-12-17-13(20-19-12)10-6-16-18-11(10)5-15/h1-4,6H,7H2,(H,16,18). The zero-order chi connectivity index (χ0) is 14.7. The van der Waals surface area contributed by atoms with Gasteiger partial charge in [-0.05, 0) is 18.2 Å². The average Bonchev–Trinajstić information content (AvgIpc) is 3.13. The first-order valence-electron chi connectivity index (χ1n) is 5.91. The first kappa shape index (κ1) is 13.7. The van der Waals surface area contributed by atoms with Crippen LogP contribution >= 0.6 is 23.4 Å². The molecule has 1 aromatic carbocycles. The van der Waals surface area contributed by atoms with Crippen LogP contribution in [0.1, 0.15) is 11.5 Å². The van der Waals surface area contributed by atoms with Gasteiger partial charge in [-0.25, -0.2) is 0 Å². The van der Waals surface area contributed by atoms with Gasteiger partial charge in [0.2, 0.25) is 0 Å². The van der Waals surface area contributed by atoms with E-state index in [4.69, 9.17) is 21.4 Å². The van der Waals surface area contributed by atoms with E-state index in [1.54, 1.807) is 11.8 Å². The first-order valence-corrected chi connectivity index (χ1v) is 7.27. The lowest BCUT2D eigenvalue weighted by Crippen LogP contribution is -1.85. The van der Waals surface area contributed by atoms with E-state index in [9.17, 15) is 0 Å². The van der Waals surface area contributed by atoms with Crippen molar-refractivity contribution >= 4 is 23.4 Å². The second kappa shape index (κ2) is 5.99. The molecule has 0 saturated carbocycles. The number of aromatic nitrogens is 4. The number of nitrogens with zero attached hydrogens (tertiary/aromatic N) is 4. The maximum atomic E-state index is 8.93. The van der Waals surface area contributed by atoms with Gasteiger partial charge in [0.15, 0.2) is 5.82 Å². The van der Waals surface area contributed by atoms with Crippen LogP contribution in [0.3, 0.4) is 0 Å².